The summed E-state index contributed by atoms with van der Waals surface area (Å²) < 4.78 is 0. The molecule has 0 saturated heterocycles. The number of carbonyl (C=O) groups is 1. The van der Waals surface area contributed by atoms with Gasteiger partial charge in [0.25, 0.3) is 0 Å². The fourth-order valence-electron chi connectivity index (χ4n) is 24.2. The van der Waals surface area contributed by atoms with Gasteiger partial charge < -0.3 is 26.0 Å². The second-order valence-electron chi connectivity index (χ2n) is 32.2. The largest absolute Gasteiger partial charge is 0.481 e. The summed E-state index contributed by atoms with van der Waals surface area (Å²) in [5.74, 6) is 2.03. The molecule has 19 rings (SSSR count). The lowest BCUT2D eigenvalue weighted by Crippen LogP contribution is -2.69. The number of carboxylic acids is 1. The molecule has 10 aliphatic carbocycles. The molecule has 5 fully saturated rings. The van der Waals surface area contributed by atoms with Crippen LogP contribution in [0.25, 0.3) is 17.2 Å². The van der Waals surface area contributed by atoms with Gasteiger partial charge in [-0.25, -0.2) is 0 Å². The summed E-state index contributed by atoms with van der Waals surface area (Å²) >= 11 is 0. The summed E-state index contributed by atoms with van der Waals surface area (Å²) in [6.45, 7) is 16.5. The fourth-order valence-corrected chi connectivity index (χ4v) is 24.2. The smallest absolute Gasteiger partial charge is 0.306 e. The lowest BCUT2D eigenvalue weighted by Gasteiger charge is -2.74. The lowest BCUT2D eigenvalue weighted by atomic mass is 9.29. The van der Waals surface area contributed by atoms with Crippen LogP contribution in [0.4, 0.5) is 0 Å². The van der Waals surface area contributed by atoms with Crippen molar-refractivity contribution in [1.82, 2.24) is 10.6 Å². The van der Waals surface area contributed by atoms with Crippen LogP contribution < -0.4 is 21.1 Å². The van der Waals surface area contributed by atoms with Crippen LogP contribution in [0.2, 0.25) is 0 Å². The number of carboxylic acid groups (broad SMARTS) is 1. The van der Waals surface area contributed by atoms with Crippen LogP contribution >= 0.6 is 0 Å². The van der Waals surface area contributed by atoms with E-state index in [1.807, 2.05) is 0 Å². The summed E-state index contributed by atoms with van der Waals surface area (Å²) in [6.07, 6.45) is 37.7. The van der Waals surface area contributed by atoms with Gasteiger partial charge >= 0.3 is 5.97 Å². The molecule has 6 heteroatoms. The maximum absolute atomic E-state index is 14.7. The van der Waals surface area contributed by atoms with Crippen LogP contribution in [0, 0.1) is 85.8 Å². The predicted molar refractivity (Wildman–Crippen MR) is 353 cm³/mol. The van der Waals surface area contributed by atoms with Crippen LogP contribution in [-0.2, 0) is 17.6 Å². The predicted octanol–water partition coefficient (Wildman–Crippen LogP) is 15.7. The first-order valence-electron chi connectivity index (χ1n) is 35.3. The minimum atomic E-state index is -0.725. The Bertz CT molecular complexity index is 3520. The van der Waals surface area contributed by atoms with Crippen molar-refractivity contribution in [3.8, 4) is 0 Å². The van der Waals surface area contributed by atoms with Crippen molar-refractivity contribution in [2.24, 2.45) is 85.8 Å². The lowest BCUT2D eigenvalue weighted by molar-refractivity contribution is -0.167. The molecule has 0 amide bonds. The molecule has 6 heterocycles. The highest BCUT2D eigenvalue weighted by atomic mass is 16.4. The summed E-state index contributed by atoms with van der Waals surface area (Å²) in [7, 11) is 0. The number of fused-ring (bicyclic) bond motifs is 1. The molecule has 0 radical (unpaired) electrons. The summed E-state index contributed by atoms with van der Waals surface area (Å²) in [5, 5.41) is 49.0. The number of hydrogen-bond acceptors (Lipinski definition) is 5. The highest BCUT2D eigenvalue weighted by Crippen LogP contribution is 2.84. The topological polar surface area (TPSA) is 102 Å². The van der Waals surface area contributed by atoms with E-state index in [4.69, 9.17) is 6.58 Å². The normalized spacial score (nSPS) is 39.8. The van der Waals surface area contributed by atoms with Crippen molar-refractivity contribution in [1.29, 1.82) is 0 Å². The first kappa shape index (κ1) is 58.2. The third-order valence-electron chi connectivity index (χ3n) is 27.6. The van der Waals surface area contributed by atoms with Crippen LogP contribution in [0.3, 0.4) is 0 Å². The molecule has 3 spiro atoms. The second kappa shape index (κ2) is 22.1. The molecule has 0 aromatic heterocycles. The van der Waals surface area contributed by atoms with Gasteiger partial charge in [0, 0.05) is 46.6 Å². The van der Waals surface area contributed by atoms with Gasteiger partial charge in [-0.15, -0.1) is 0 Å². The highest BCUT2D eigenvalue weighted by molar-refractivity contribution is 5.78. The molecule has 6 nitrogen and oxygen atoms in total. The van der Waals surface area contributed by atoms with Crippen LogP contribution in [-0.4, -0.2) is 46.6 Å². The Kier molecular flexibility index (Phi) is 14.8. The standard InChI is InChI=1S/C81H102N2O4/c1-51(2)40-60-30-34-76(4)71(85)33-38-80-67-32-35-77(5)73-64(74(86)87)27-25-52(3)62(56-19-10-7-11-20-56)24-15-39-82-72-28-26-59(50-83-72)57-22-14-18-54(42-57)43-65-63-23-13-12-21-58(63)44-68(80)66(65)47-79(60,75(76)80)48-69(67)81(77,49-70(73)84)61-31-37-78(46-61)36-29-55(45-78)41-53-16-8-6-9-17-53/h6,8-9,12-14,16-18,21-23,26,28,30,42,44,47,51,55-56,61-62,64,68,70-71,73,75,82-85H,3,7,10-11,15,19-20,24-25,27,29,31-41,43,45-46,48-50H2,1-2,4-5H3,(H,86,87). The molecule has 460 valence electrons. The first-order chi connectivity index (χ1) is 42.1. The Hall–Kier alpha value is -5.17. The SMILES string of the molecule is C=C1CCC(C(=O)O)C2C(O)CC3(C4CCC5(CCC(Cc6ccccc6)C5)C4)C4=C(CCC23C)C23CCC(O)C5(C)CC=C(CC(C)C)C(C=C6C(=c7ccccc7=CC62)Cc2cccc(c2)C2=CC=C(NCCCC1C1CCCCC1)NC2)(C4)C53. The number of hydrogen-bond donors (Lipinski definition) is 5. The van der Waals surface area contributed by atoms with E-state index in [0.29, 0.717) is 48.9 Å². The van der Waals surface area contributed by atoms with Gasteiger partial charge in [0.1, 0.15) is 0 Å². The molecule has 15 atom stereocenters. The minimum Gasteiger partial charge on any atom is -0.481 e. The Morgan fingerprint density at radius 1 is 0.793 bits per heavy atom. The maximum atomic E-state index is 14.7. The highest BCUT2D eigenvalue weighted by Gasteiger charge is 2.77. The maximum Gasteiger partial charge on any atom is 0.306 e. The quantitative estimate of drug-likeness (QED) is 0.151. The van der Waals surface area contributed by atoms with E-state index in [0.717, 1.165) is 96.0 Å². The molecule has 3 aromatic rings. The van der Waals surface area contributed by atoms with E-state index in [9.17, 15) is 20.1 Å². The summed E-state index contributed by atoms with van der Waals surface area (Å²) in [6, 6.07) is 30.0. The molecule has 14 bridgehead atoms. The Morgan fingerprint density at radius 3 is 2.41 bits per heavy atom. The monoisotopic (exact) mass is 1170 g/mol. The van der Waals surface area contributed by atoms with E-state index >= 15 is 0 Å². The van der Waals surface area contributed by atoms with Gasteiger partial charge in [-0.1, -0.05) is 179 Å². The van der Waals surface area contributed by atoms with Crippen molar-refractivity contribution >= 4 is 23.2 Å². The van der Waals surface area contributed by atoms with Crippen LogP contribution in [0.1, 0.15) is 192 Å². The van der Waals surface area contributed by atoms with E-state index in [-0.39, 0.29) is 44.8 Å². The average molecular weight is 1170 g/mol. The van der Waals surface area contributed by atoms with Gasteiger partial charge in [0.15, 0.2) is 0 Å². The van der Waals surface area contributed by atoms with Crippen molar-refractivity contribution in [2.45, 2.75) is 200 Å². The number of aliphatic carboxylic acids is 1. The molecule has 87 heavy (non-hydrogen) atoms. The second-order valence-corrected chi connectivity index (χ2v) is 32.2. The number of aliphatic hydroxyl groups is 2. The fraction of sp³-hybridized carbons (Fsp3) is 0.593. The Labute approximate surface area is 521 Å². The zero-order valence-corrected chi connectivity index (χ0v) is 53.3. The number of nitrogens with one attached hydrogen (secondary N) is 2. The molecular weight excluding hydrogens is 1060 g/mol. The van der Waals surface area contributed by atoms with E-state index in [1.165, 1.54) is 114 Å². The molecule has 5 N–H and O–H groups in total. The Morgan fingerprint density at radius 2 is 1.61 bits per heavy atom. The first-order valence-corrected chi connectivity index (χ1v) is 35.3. The molecule has 16 aliphatic rings. The number of aliphatic hydroxyl groups excluding tert-OH is 2. The van der Waals surface area contributed by atoms with E-state index < -0.39 is 29.5 Å². The summed E-state index contributed by atoms with van der Waals surface area (Å²) in [4.78, 5) is 14.7. The third-order valence-corrected chi connectivity index (χ3v) is 27.6. The van der Waals surface area contributed by atoms with Gasteiger partial charge in [-0.05, 0) is 238 Å². The molecular formula is C81H102N2O4. The molecule has 6 aliphatic heterocycles. The van der Waals surface area contributed by atoms with Crippen molar-refractivity contribution < 1.29 is 20.1 Å². The number of allylic oxidation sites excluding steroid dienone is 9. The molecule has 3 aromatic carbocycles. The van der Waals surface area contributed by atoms with Crippen LogP contribution in [0.15, 0.2) is 143 Å². The average Bonchev–Trinajstić information content (AvgIpc) is 1.54. The minimum absolute atomic E-state index is 0.112. The van der Waals surface area contributed by atoms with Gasteiger partial charge in [0.05, 0.1) is 23.9 Å². The molecule has 15 unspecified atom stereocenters. The van der Waals surface area contributed by atoms with Gasteiger partial charge in [-0.3, -0.25) is 4.79 Å². The van der Waals surface area contributed by atoms with Gasteiger partial charge in [-0.2, -0.15) is 0 Å². The zero-order chi connectivity index (χ0) is 59.7. The van der Waals surface area contributed by atoms with Crippen molar-refractivity contribution in [3.63, 3.8) is 0 Å². The van der Waals surface area contributed by atoms with Crippen LogP contribution in [0.5, 0.6) is 0 Å². The van der Waals surface area contributed by atoms with E-state index in [2.05, 4.69) is 148 Å². The Balaban J connectivity index is 0.938. The number of benzene rings is 3. The number of rotatable bonds is 7. The third kappa shape index (κ3) is 9.19. The van der Waals surface area contributed by atoms with Gasteiger partial charge in [0.2, 0.25) is 0 Å². The summed E-state index contributed by atoms with van der Waals surface area (Å²) in [5.41, 5.74) is 13.0. The van der Waals surface area contributed by atoms with E-state index in [1.54, 1.807) is 16.7 Å². The van der Waals surface area contributed by atoms with Crippen molar-refractivity contribution in [3.05, 3.63) is 171 Å². The zero-order valence-electron chi connectivity index (χ0n) is 53.3. The number of dihydropyridines is 1. The van der Waals surface area contributed by atoms with Crippen molar-refractivity contribution in [2.75, 3.05) is 13.1 Å². The molecule has 5 saturated carbocycles.